The minimum Gasteiger partial charge on any atom is -0.493 e. The molecule has 1 aliphatic heterocycles. The molecule has 150 valence electrons. The third-order valence-electron chi connectivity index (χ3n) is 4.89. The average molecular weight is 394 g/mol. The predicted octanol–water partition coefficient (Wildman–Crippen LogP) is 4.87. The molecule has 2 aromatic rings. The third kappa shape index (κ3) is 3.85. The first kappa shape index (κ1) is 19.9. The van der Waals surface area contributed by atoms with E-state index >= 15 is 0 Å². The number of hydrogen-bond donors (Lipinski definition) is 1. The van der Waals surface area contributed by atoms with Crippen LogP contribution in [0.25, 0.3) is 0 Å². The largest absolute Gasteiger partial charge is 0.493 e. The number of rotatable bonds is 3. The van der Waals surface area contributed by atoms with E-state index in [-0.39, 0.29) is 11.7 Å². The Balaban J connectivity index is 1.81. The van der Waals surface area contributed by atoms with Crippen molar-refractivity contribution in [3.05, 3.63) is 53.1 Å². The standard InChI is InChI=1S/C20H21F3N2O3/c1-12-16-11-18(28-3)17(27-2)9-13(16)7-8-25(12)19(26)24-15-6-4-5-14(10-15)20(21,22)23/h4-6,9-12H,7-8H2,1-3H3,(H,24,26)/t12-/m0/s1. The summed E-state index contributed by atoms with van der Waals surface area (Å²) >= 11 is 0. The van der Waals surface area contributed by atoms with E-state index in [0.29, 0.717) is 24.5 Å². The van der Waals surface area contributed by atoms with Crippen molar-refractivity contribution >= 4 is 11.7 Å². The molecule has 0 aliphatic carbocycles. The third-order valence-corrected chi connectivity index (χ3v) is 4.89. The maximum absolute atomic E-state index is 12.9. The van der Waals surface area contributed by atoms with Crippen LogP contribution in [-0.4, -0.2) is 31.7 Å². The average Bonchev–Trinajstić information content (AvgIpc) is 2.66. The number of nitrogens with one attached hydrogen (secondary N) is 1. The van der Waals surface area contributed by atoms with Gasteiger partial charge in [0.15, 0.2) is 11.5 Å². The van der Waals surface area contributed by atoms with Crippen LogP contribution in [0.1, 0.15) is 29.7 Å². The number of carbonyl (C=O) groups excluding carboxylic acids is 1. The number of halogens is 3. The molecule has 1 aliphatic rings. The van der Waals surface area contributed by atoms with E-state index in [1.165, 1.54) is 19.2 Å². The van der Waals surface area contributed by atoms with Crippen molar-refractivity contribution in [2.24, 2.45) is 0 Å². The maximum atomic E-state index is 12.9. The molecule has 8 heteroatoms. The van der Waals surface area contributed by atoms with Crippen molar-refractivity contribution in [2.45, 2.75) is 25.6 Å². The van der Waals surface area contributed by atoms with Gasteiger partial charge in [-0.25, -0.2) is 4.79 Å². The van der Waals surface area contributed by atoms with Gasteiger partial charge in [0, 0.05) is 12.2 Å². The van der Waals surface area contributed by atoms with Gasteiger partial charge in [-0.1, -0.05) is 6.07 Å². The number of anilines is 1. The van der Waals surface area contributed by atoms with E-state index in [2.05, 4.69) is 5.32 Å². The predicted molar refractivity (Wildman–Crippen MR) is 98.8 cm³/mol. The highest BCUT2D eigenvalue weighted by Gasteiger charge is 2.32. The summed E-state index contributed by atoms with van der Waals surface area (Å²) in [5, 5.41) is 2.57. The molecule has 0 saturated heterocycles. The smallest absolute Gasteiger partial charge is 0.416 e. The molecular weight excluding hydrogens is 373 g/mol. The summed E-state index contributed by atoms with van der Waals surface area (Å²) in [4.78, 5) is 14.3. The molecule has 2 amide bonds. The monoisotopic (exact) mass is 394 g/mol. The lowest BCUT2D eigenvalue weighted by Crippen LogP contribution is -2.41. The zero-order chi connectivity index (χ0) is 20.5. The van der Waals surface area contributed by atoms with Gasteiger partial charge in [-0.15, -0.1) is 0 Å². The molecule has 1 atom stereocenters. The molecule has 0 radical (unpaired) electrons. The Labute approximate surface area is 161 Å². The number of methoxy groups -OCH3 is 2. The number of urea groups is 1. The topological polar surface area (TPSA) is 50.8 Å². The Morgan fingerprint density at radius 3 is 2.46 bits per heavy atom. The molecule has 0 bridgehead atoms. The van der Waals surface area contributed by atoms with Gasteiger partial charge in [0.2, 0.25) is 0 Å². The van der Waals surface area contributed by atoms with Gasteiger partial charge < -0.3 is 19.7 Å². The highest BCUT2D eigenvalue weighted by atomic mass is 19.4. The summed E-state index contributed by atoms with van der Waals surface area (Å²) in [5.74, 6) is 1.18. The number of fused-ring (bicyclic) bond motifs is 1. The van der Waals surface area contributed by atoms with Crippen molar-refractivity contribution in [3.63, 3.8) is 0 Å². The number of carbonyl (C=O) groups is 1. The molecule has 1 N–H and O–H groups in total. The zero-order valence-electron chi connectivity index (χ0n) is 15.8. The van der Waals surface area contributed by atoms with Crippen LogP contribution in [0, 0.1) is 0 Å². The second-order valence-corrected chi connectivity index (χ2v) is 6.53. The number of hydrogen-bond acceptors (Lipinski definition) is 3. The molecular formula is C20H21F3N2O3. The fourth-order valence-corrected chi connectivity index (χ4v) is 3.39. The van der Waals surface area contributed by atoms with Gasteiger partial charge in [-0.3, -0.25) is 0 Å². The molecule has 0 aromatic heterocycles. The van der Waals surface area contributed by atoms with Crippen LogP contribution in [0.3, 0.4) is 0 Å². The van der Waals surface area contributed by atoms with Crippen molar-refractivity contribution in [2.75, 3.05) is 26.1 Å². The van der Waals surface area contributed by atoms with Crippen LogP contribution < -0.4 is 14.8 Å². The number of benzene rings is 2. The van der Waals surface area contributed by atoms with Crippen LogP contribution in [0.15, 0.2) is 36.4 Å². The van der Waals surface area contributed by atoms with E-state index in [1.54, 1.807) is 12.0 Å². The Hall–Kier alpha value is -2.90. The number of amides is 2. The van der Waals surface area contributed by atoms with Crippen molar-refractivity contribution in [1.82, 2.24) is 4.90 Å². The fraction of sp³-hybridized carbons (Fsp3) is 0.350. The van der Waals surface area contributed by atoms with Crippen molar-refractivity contribution < 1.29 is 27.4 Å². The van der Waals surface area contributed by atoms with Crippen molar-refractivity contribution in [1.29, 1.82) is 0 Å². The molecule has 0 fully saturated rings. The van der Waals surface area contributed by atoms with E-state index < -0.39 is 17.8 Å². The lowest BCUT2D eigenvalue weighted by molar-refractivity contribution is -0.137. The molecule has 2 aromatic carbocycles. The Morgan fingerprint density at radius 2 is 1.82 bits per heavy atom. The first-order chi connectivity index (χ1) is 13.2. The zero-order valence-corrected chi connectivity index (χ0v) is 15.8. The minimum absolute atomic E-state index is 0.102. The summed E-state index contributed by atoms with van der Waals surface area (Å²) in [6.07, 6.45) is -3.86. The quantitative estimate of drug-likeness (QED) is 0.808. The van der Waals surface area contributed by atoms with Gasteiger partial charge >= 0.3 is 12.2 Å². The summed E-state index contributed by atoms with van der Waals surface area (Å²) in [7, 11) is 3.10. The Kier molecular flexibility index (Phi) is 5.40. The fourth-order valence-electron chi connectivity index (χ4n) is 3.39. The van der Waals surface area contributed by atoms with E-state index in [9.17, 15) is 18.0 Å². The van der Waals surface area contributed by atoms with Gasteiger partial charge in [0.25, 0.3) is 0 Å². The molecule has 5 nitrogen and oxygen atoms in total. The summed E-state index contributed by atoms with van der Waals surface area (Å²) in [6.45, 7) is 2.31. The second-order valence-electron chi connectivity index (χ2n) is 6.53. The Morgan fingerprint density at radius 1 is 1.14 bits per heavy atom. The van der Waals surface area contributed by atoms with Crippen LogP contribution >= 0.6 is 0 Å². The number of alkyl halides is 3. The molecule has 1 heterocycles. The van der Waals surface area contributed by atoms with Gasteiger partial charge in [-0.2, -0.15) is 13.2 Å². The van der Waals surface area contributed by atoms with Crippen LogP contribution in [0.2, 0.25) is 0 Å². The Bertz CT molecular complexity index is 883. The van der Waals surface area contributed by atoms with Gasteiger partial charge in [0.1, 0.15) is 0 Å². The summed E-state index contributed by atoms with van der Waals surface area (Å²) < 4.78 is 49.3. The lowest BCUT2D eigenvalue weighted by atomic mass is 9.93. The highest BCUT2D eigenvalue weighted by molar-refractivity contribution is 5.90. The molecule has 28 heavy (non-hydrogen) atoms. The number of nitrogens with zero attached hydrogens (tertiary/aromatic N) is 1. The van der Waals surface area contributed by atoms with Crippen LogP contribution in [-0.2, 0) is 12.6 Å². The van der Waals surface area contributed by atoms with Gasteiger partial charge in [-0.05, 0) is 54.8 Å². The summed E-state index contributed by atoms with van der Waals surface area (Å²) in [6, 6.07) is 7.61. The lowest BCUT2D eigenvalue weighted by Gasteiger charge is -2.35. The first-order valence-corrected chi connectivity index (χ1v) is 8.74. The minimum atomic E-state index is -4.46. The maximum Gasteiger partial charge on any atom is 0.416 e. The summed E-state index contributed by atoms with van der Waals surface area (Å²) in [5.41, 5.74) is 1.26. The highest BCUT2D eigenvalue weighted by Crippen LogP contribution is 2.38. The van der Waals surface area contributed by atoms with Gasteiger partial charge in [0.05, 0.1) is 25.8 Å². The number of ether oxygens (including phenoxy) is 2. The van der Waals surface area contributed by atoms with E-state index in [4.69, 9.17) is 9.47 Å². The molecule has 0 saturated carbocycles. The first-order valence-electron chi connectivity index (χ1n) is 8.74. The van der Waals surface area contributed by atoms with E-state index in [1.807, 2.05) is 19.1 Å². The van der Waals surface area contributed by atoms with Crippen molar-refractivity contribution in [3.8, 4) is 11.5 Å². The second kappa shape index (κ2) is 7.61. The molecule has 0 spiro atoms. The molecule has 0 unspecified atom stereocenters. The molecule has 3 rings (SSSR count). The normalized spacial score (nSPS) is 16.4. The van der Waals surface area contributed by atoms with Crippen LogP contribution in [0.4, 0.5) is 23.7 Å². The SMILES string of the molecule is COc1cc2c(cc1OC)[C@H](C)N(C(=O)Nc1cccc(C(F)(F)F)c1)CC2. The van der Waals surface area contributed by atoms with E-state index in [0.717, 1.165) is 23.3 Å². The van der Waals surface area contributed by atoms with Crippen LogP contribution in [0.5, 0.6) is 11.5 Å².